The zero-order valence-corrected chi connectivity index (χ0v) is 9.63. The number of hydrogen-bond acceptors (Lipinski definition) is 3. The van der Waals surface area contributed by atoms with E-state index in [1.807, 2.05) is 0 Å². The van der Waals surface area contributed by atoms with Gasteiger partial charge in [0.15, 0.2) is 11.5 Å². The third-order valence-electron chi connectivity index (χ3n) is 2.34. The molecule has 0 atom stereocenters. The molecule has 0 aliphatic carbocycles. The van der Waals surface area contributed by atoms with Gasteiger partial charge in [-0.05, 0) is 30.3 Å². The smallest absolute Gasteiger partial charge is 0.335 e. The molecule has 0 radical (unpaired) electrons. The van der Waals surface area contributed by atoms with Crippen molar-refractivity contribution in [2.24, 2.45) is 0 Å². The van der Waals surface area contributed by atoms with Crippen LogP contribution in [0.2, 0.25) is 0 Å². The Bertz CT molecular complexity index is 643. The van der Waals surface area contributed by atoms with E-state index in [1.165, 1.54) is 36.5 Å². The predicted molar refractivity (Wildman–Crippen MR) is 65.5 cm³/mol. The Morgan fingerprint density at radius 1 is 1.21 bits per heavy atom. The number of carbonyl (C=O) groups excluding carboxylic acids is 1. The van der Waals surface area contributed by atoms with Gasteiger partial charge in [0.1, 0.15) is 0 Å². The van der Waals surface area contributed by atoms with Crippen LogP contribution in [0.15, 0.2) is 42.6 Å². The zero-order chi connectivity index (χ0) is 13.8. The molecule has 2 rings (SSSR count). The molecular formula is C13H9FN2O3. The number of nitrogens with one attached hydrogen (secondary N) is 1. The molecule has 0 aliphatic heterocycles. The lowest BCUT2D eigenvalue weighted by atomic mass is 10.2. The number of aromatic nitrogens is 1. The summed E-state index contributed by atoms with van der Waals surface area (Å²) in [5, 5.41) is 11.2. The molecule has 2 N–H and O–H groups in total. The largest absolute Gasteiger partial charge is 0.478 e. The van der Waals surface area contributed by atoms with Crippen molar-refractivity contribution in [3.63, 3.8) is 0 Å². The number of carboxylic acid groups (broad SMARTS) is 1. The second-order valence-corrected chi connectivity index (χ2v) is 3.67. The predicted octanol–water partition coefficient (Wildman–Crippen LogP) is 2.17. The molecule has 0 bridgehead atoms. The Kier molecular flexibility index (Phi) is 3.51. The van der Waals surface area contributed by atoms with Crippen LogP contribution in [0.1, 0.15) is 20.8 Å². The van der Waals surface area contributed by atoms with Gasteiger partial charge in [0.2, 0.25) is 0 Å². The summed E-state index contributed by atoms with van der Waals surface area (Å²) in [5.41, 5.74) is -0.0579. The number of aromatic carboxylic acids is 1. The normalized spacial score (nSPS) is 9.95. The van der Waals surface area contributed by atoms with Crippen molar-refractivity contribution in [3.8, 4) is 0 Å². The van der Waals surface area contributed by atoms with Crippen molar-refractivity contribution < 1.29 is 19.1 Å². The lowest BCUT2D eigenvalue weighted by Gasteiger charge is -2.05. The summed E-state index contributed by atoms with van der Waals surface area (Å²) in [7, 11) is 0. The first kappa shape index (κ1) is 12.7. The van der Waals surface area contributed by atoms with Crippen molar-refractivity contribution in [2.75, 3.05) is 5.32 Å². The molecule has 5 nitrogen and oxygen atoms in total. The summed E-state index contributed by atoms with van der Waals surface area (Å²) >= 11 is 0. The van der Waals surface area contributed by atoms with E-state index in [0.717, 1.165) is 6.07 Å². The van der Waals surface area contributed by atoms with Gasteiger partial charge in [-0.15, -0.1) is 0 Å². The molecule has 6 heteroatoms. The Morgan fingerprint density at radius 3 is 2.68 bits per heavy atom. The minimum Gasteiger partial charge on any atom is -0.478 e. The maximum atomic E-state index is 13.3. The van der Waals surface area contributed by atoms with Gasteiger partial charge < -0.3 is 10.4 Å². The first-order valence-electron chi connectivity index (χ1n) is 5.33. The molecular weight excluding hydrogens is 251 g/mol. The molecule has 0 fully saturated rings. The SMILES string of the molecule is O=C(O)c1cccc(NC(=O)c2ncccc2F)c1. The molecule has 1 heterocycles. The summed E-state index contributed by atoms with van der Waals surface area (Å²) in [4.78, 5) is 26.2. The van der Waals surface area contributed by atoms with E-state index in [1.54, 1.807) is 0 Å². The summed E-state index contributed by atoms with van der Waals surface area (Å²) < 4.78 is 13.3. The lowest BCUT2D eigenvalue weighted by Crippen LogP contribution is -2.15. The van der Waals surface area contributed by atoms with E-state index in [-0.39, 0.29) is 16.9 Å². The van der Waals surface area contributed by atoms with Gasteiger partial charge in [-0.3, -0.25) is 4.79 Å². The first-order valence-corrected chi connectivity index (χ1v) is 5.33. The van der Waals surface area contributed by atoms with Crippen LogP contribution in [0.3, 0.4) is 0 Å². The molecule has 1 aromatic heterocycles. The Hall–Kier alpha value is -2.76. The van der Waals surface area contributed by atoms with Gasteiger partial charge in [-0.2, -0.15) is 0 Å². The fourth-order valence-electron chi connectivity index (χ4n) is 1.47. The minimum absolute atomic E-state index is 0.0271. The van der Waals surface area contributed by atoms with Gasteiger partial charge in [0.25, 0.3) is 5.91 Å². The number of pyridine rings is 1. The van der Waals surface area contributed by atoms with E-state index in [9.17, 15) is 14.0 Å². The van der Waals surface area contributed by atoms with Crippen LogP contribution in [-0.4, -0.2) is 22.0 Å². The van der Waals surface area contributed by atoms with Crippen molar-refractivity contribution in [1.29, 1.82) is 0 Å². The van der Waals surface area contributed by atoms with Crippen molar-refractivity contribution in [2.45, 2.75) is 0 Å². The lowest BCUT2D eigenvalue weighted by molar-refractivity contribution is 0.0696. The van der Waals surface area contributed by atoms with Gasteiger partial charge in [0, 0.05) is 11.9 Å². The minimum atomic E-state index is -1.11. The molecule has 0 aliphatic rings. The average Bonchev–Trinajstić information content (AvgIpc) is 2.39. The summed E-state index contributed by atoms with van der Waals surface area (Å²) in [5.74, 6) is -2.59. The fourth-order valence-corrected chi connectivity index (χ4v) is 1.47. The monoisotopic (exact) mass is 260 g/mol. The number of rotatable bonds is 3. The van der Waals surface area contributed by atoms with Gasteiger partial charge >= 0.3 is 5.97 Å². The zero-order valence-electron chi connectivity index (χ0n) is 9.63. The molecule has 2 aromatic rings. The standard InChI is InChI=1S/C13H9FN2O3/c14-10-5-2-6-15-11(10)12(17)16-9-4-1-3-8(7-9)13(18)19/h1-7H,(H,16,17)(H,18,19). The van der Waals surface area contributed by atoms with E-state index >= 15 is 0 Å². The van der Waals surface area contributed by atoms with Crippen LogP contribution in [0.5, 0.6) is 0 Å². The van der Waals surface area contributed by atoms with E-state index in [4.69, 9.17) is 5.11 Å². The number of nitrogens with zero attached hydrogens (tertiary/aromatic N) is 1. The second kappa shape index (κ2) is 5.26. The number of halogens is 1. The van der Waals surface area contributed by atoms with Crippen LogP contribution in [0, 0.1) is 5.82 Å². The fraction of sp³-hybridized carbons (Fsp3) is 0. The average molecular weight is 260 g/mol. The maximum absolute atomic E-state index is 13.3. The van der Waals surface area contributed by atoms with Crippen LogP contribution >= 0.6 is 0 Å². The number of amides is 1. The number of carbonyl (C=O) groups is 2. The number of carboxylic acids is 1. The topological polar surface area (TPSA) is 79.3 Å². The highest BCUT2D eigenvalue weighted by Crippen LogP contribution is 2.12. The van der Waals surface area contributed by atoms with Crippen molar-refractivity contribution in [3.05, 3.63) is 59.7 Å². The Morgan fingerprint density at radius 2 is 2.00 bits per heavy atom. The molecule has 19 heavy (non-hydrogen) atoms. The van der Waals surface area contributed by atoms with Gasteiger partial charge in [-0.25, -0.2) is 14.2 Å². The highest BCUT2D eigenvalue weighted by atomic mass is 19.1. The first-order chi connectivity index (χ1) is 9.08. The van der Waals surface area contributed by atoms with Gasteiger partial charge in [-0.1, -0.05) is 6.07 Å². The Balaban J connectivity index is 2.22. The summed E-state index contributed by atoms with van der Waals surface area (Å²) in [6.07, 6.45) is 1.30. The number of benzene rings is 1. The third-order valence-corrected chi connectivity index (χ3v) is 2.34. The van der Waals surface area contributed by atoms with Crippen molar-refractivity contribution >= 4 is 17.6 Å². The highest BCUT2D eigenvalue weighted by Gasteiger charge is 2.13. The molecule has 0 spiro atoms. The quantitative estimate of drug-likeness (QED) is 0.886. The van der Waals surface area contributed by atoms with E-state index in [0.29, 0.717) is 0 Å². The Labute approximate surface area is 107 Å². The van der Waals surface area contributed by atoms with Crippen molar-refractivity contribution in [1.82, 2.24) is 4.98 Å². The highest BCUT2D eigenvalue weighted by molar-refractivity contribution is 6.03. The summed E-state index contributed by atoms with van der Waals surface area (Å²) in [6.45, 7) is 0. The second-order valence-electron chi connectivity index (χ2n) is 3.67. The molecule has 1 amide bonds. The third kappa shape index (κ3) is 2.92. The maximum Gasteiger partial charge on any atom is 0.335 e. The number of anilines is 1. The summed E-state index contributed by atoms with van der Waals surface area (Å²) in [6, 6.07) is 8.15. The van der Waals surface area contributed by atoms with Gasteiger partial charge in [0.05, 0.1) is 5.56 Å². The van der Waals surface area contributed by atoms with E-state index < -0.39 is 17.7 Å². The van der Waals surface area contributed by atoms with Crippen LogP contribution in [0.4, 0.5) is 10.1 Å². The molecule has 0 saturated carbocycles. The van der Waals surface area contributed by atoms with Crippen LogP contribution < -0.4 is 5.32 Å². The van der Waals surface area contributed by atoms with Crippen LogP contribution in [-0.2, 0) is 0 Å². The van der Waals surface area contributed by atoms with Crippen LogP contribution in [0.25, 0.3) is 0 Å². The van der Waals surface area contributed by atoms with E-state index in [2.05, 4.69) is 10.3 Å². The molecule has 1 aromatic carbocycles. The molecule has 96 valence electrons. The molecule has 0 unspecified atom stereocenters. The molecule has 0 saturated heterocycles. The number of hydrogen-bond donors (Lipinski definition) is 2.